The van der Waals surface area contributed by atoms with E-state index < -0.39 is 13.9 Å². The maximum Gasteiger partial charge on any atom is 0.306 e. The van der Waals surface area contributed by atoms with Crippen LogP contribution in [0.5, 0.6) is 0 Å². The first kappa shape index (κ1) is 53.7. The molecule has 0 radical (unpaired) electrons. The summed E-state index contributed by atoms with van der Waals surface area (Å²) in [6.07, 6.45) is 45.8. The number of carbonyl (C=O) groups is 1. The van der Waals surface area contributed by atoms with Crippen LogP contribution < -0.4 is 4.89 Å². The number of carbonyl (C=O) groups excluding carboxylic acids is 1. The fourth-order valence-electron chi connectivity index (χ4n) is 6.21. The fraction of sp³-hybridized carbons (Fsp3) is 0.848. The molecular formula is C46H88NO7P. The molecule has 324 valence electrons. The van der Waals surface area contributed by atoms with Crippen molar-refractivity contribution in [1.29, 1.82) is 0 Å². The zero-order valence-corrected chi connectivity index (χ0v) is 37.5. The van der Waals surface area contributed by atoms with Crippen molar-refractivity contribution in [2.45, 2.75) is 200 Å². The molecule has 0 aliphatic rings. The highest BCUT2D eigenvalue weighted by Gasteiger charge is 2.20. The van der Waals surface area contributed by atoms with Gasteiger partial charge in [0.1, 0.15) is 19.3 Å². The number of hydrogen-bond acceptors (Lipinski definition) is 7. The molecule has 0 aromatic rings. The highest BCUT2D eigenvalue weighted by Crippen LogP contribution is 2.38. The lowest BCUT2D eigenvalue weighted by molar-refractivity contribution is -0.870. The molecule has 9 heteroatoms. The van der Waals surface area contributed by atoms with Gasteiger partial charge in [0.15, 0.2) is 0 Å². The molecule has 2 atom stereocenters. The van der Waals surface area contributed by atoms with Gasteiger partial charge < -0.3 is 27.9 Å². The van der Waals surface area contributed by atoms with Gasteiger partial charge >= 0.3 is 5.97 Å². The SMILES string of the molecule is CC/C=C\C/C=C\C/C=C\CCCCCCCCCCOCC(COP(=O)([O-])OCC[N+](C)(C)C)OC(=O)CCCCCCCCCCCCCCCCC. The second-order valence-electron chi connectivity index (χ2n) is 16.4. The average molecular weight is 798 g/mol. The standard InChI is InChI=1S/C46H88NO7P/c1-6-8-10-12-14-16-18-20-22-23-24-26-28-30-32-34-36-38-41-51-43-45(44-53-55(49,50)52-42-40-47(3,4)5)54-46(48)39-37-35-33-31-29-27-25-21-19-17-15-13-11-9-7-2/h8,10,14,16,20,22,45H,6-7,9,11-13,15,17-19,21,23-44H2,1-5H3/b10-8-,16-14-,22-20-. The van der Waals surface area contributed by atoms with Gasteiger partial charge in [-0.3, -0.25) is 9.36 Å². The zero-order chi connectivity index (χ0) is 40.6. The molecule has 0 rings (SSSR count). The molecule has 0 saturated heterocycles. The third-order valence-electron chi connectivity index (χ3n) is 9.71. The second kappa shape index (κ2) is 39.5. The van der Waals surface area contributed by atoms with Crippen molar-refractivity contribution < 1.29 is 37.3 Å². The van der Waals surface area contributed by atoms with E-state index >= 15 is 0 Å². The Kier molecular flexibility index (Phi) is 38.6. The number of unbranched alkanes of at least 4 members (excludes halogenated alkanes) is 22. The Balaban J connectivity index is 4.20. The van der Waals surface area contributed by atoms with Crippen LogP contribution in [0.1, 0.15) is 194 Å². The third-order valence-corrected chi connectivity index (χ3v) is 10.7. The van der Waals surface area contributed by atoms with E-state index in [4.69, 9.17) is 18.5 Å². The summed E-state index contributed by atoms with van der Waals surface area (Å²) in [5.41, 5.74) is 0. The Bertz CT molecular complexity index is 978. The van der Waals surface area contributed by atoms with Gasteiger partial charge in [0.2, 0.25) is 0 Å². The van der Waals surface area contributed by atoms with Crippen molar-refractivity contribution in [1.82, 2.24) is 0 Å². The van der Waals surface area contributed by atoms with Gasteiger partial charge in [0, 0.05) is 13.0 Å². The molecule has 2 unspecified atom stereocenters. The van der Waals surface area contributed by atoms with Crippen LogP contribution in [0.4, 0.5) is 0 Å². The van der Waals surface area contributed by atoms with Gasteiger partial charge in [0.05, 0.1) is 34.4 Å². The number of likely N-dealkylation sites (N-methyl/N-ethyl adjacent to an activating group) is 1. The van der Waals surface area contributed by atoms with Gasteiger partial charge in [-0.2, -0.15) is 0 Å². The molecule has 0 aliphatic heterocycles. The van der Waals surface area contributed by atoms with Crippen LogP contribution in [0.25, 0.3) is 0 Å². The smallest absolute Gasteiger partial charge is 0.306 e. The molecule has 0 heterocycles. The lowest BCUT2D eigenvalue weighted by Crippen LogP contribution is -2.37. The number of ether oxygens (including phenoxy) is 2. The molecule has 0 saturated carbocycles. The predicted octanol–water partition coefficient (Wildman–Crippen LogP) is 12.8. The number of quaternary nitrogens is 1. The number of rotatable bonds is 42. The van der Waals surface area contributed by atoms with Crippen LogP contribution in [0.15, 0.2) is 36.5 Å². The van der Waals surface area contributed by atoms with Crippen LogP contribution in [-0.2, 0) is 27.9 Å². The fourth-order valence-corrected chi connectivity index (χ4v) is 6.94. The quantitative estimate of drug-likeness (QED) is 0.0200. The first-order chi connectivity index (χ1) is 26.6. The molecule has 0 aromatic heterocycles. The van der Waals surface area contributed by atoms with Gasteiger partial charge in [-0.15, -0.1) is 0 Å². The van der Waals surface area contributed by atoms with Crippen molar-refractivity contribution in [2.75, 3.05) is 54.1 Å². The molecule has 0 aromatic carbocycles. The van der Waals surface area contributed by atoms with Crippen molar-refractivity contribution >= 4 is 13.8 Å². The van der Waals surface area contributed by atoms with Gasteiger partial charge in [-0.05, 0) is 44.9 Å². The number of allylic oxidation sites excluding steroid dienone is 6. The third kappa shape index (κ3) is 43.7. The highest BCUT2D eigenvalue weighted by molar-refractivity contribution is 7.45. The summed E-state index contributed by atoms with van der Waals surface area (Å²) >= 11 is 0. The number of phosphoric acid groups is 1. The summed E-state index contributed by atoms with van der Waals surface area (Å²) in [4.78, 5) is 25.1. The summed E-state index contributed by atoms with van der Waals surface area (Å²) in [5.74, 6) is -0.335. The van der Waals surface area contributed by atoms with Crippen LogP contribution in [0, 0.1) is 0 Å². The van der Waals surface area contributed by atoms with Crippen LogP contribution >= 0.6 is 7.82 Å². The first-order valence-electron chi connectivity index (χ1n) is 22.7. The summed E-state index contributed by atoms with van der Waals surface area (Å²) in [6, 6.07) is 0. The minimum Gasteiger partial charge on any atom is -0.756 e. The monoisotopic (exact) mass is 798 g/mol. The second-order valence-corrected chi connectivity index (χ2v) is 17.8. The van der Waals surface area contributed by atoms with Gasteiger partial charge in [-0.25, -0.2) is 0 Å². The van der Waals surface area contributed by atoms with Crippen LogP contribution in [0.2, 0.25) is 0 Å². The van der Waals surface area contributed by atoms with E-state index in [1.54, 1.807) is 0 Å². The van der Waals surface area contributed by atoms with Crippen molar-refractivity contribution in [2.24, 2.45) is 0 Å². The van der Waals surface area contributed by atoms with E-state index in [1.165, 1.54) is 116 Å². The lowest BCUT2D eigenvalue weighted by Gasteiger charge is -2.28. The predicted molar refractivity (Wildman–Crippen MR) is 231 cm³/mol. The van der Waals surface area contributed by atoms with Crippen molar-refractivity contribution in [3.63, 3.8) is 0 Å². The number of esters is 1. The minimum absolute atomic E-state index is 0.0254. The average Bonchev–Trinajstić information content (AvgIpc) is 3.13. The Morgan fingerprint density at radius 1 is 0.582 bits per heavy atom. The Hall–Kier alpha value is -1.28. The maximum absolute atomic E-state index is 12.7. The summed E-state index contributed by atoms with van der Waals surface area (Å²) in [6.45, 7) is 5.31. The molecule has 0 bridgehead atoms. The first-order valence-corrected chi connectivity index (χ1v) is 24.2. The zero-order valence-electron chi connectivity index (χ0n) is 36.6. The molecule has 8 nitrogen and oxygen atoms in total. The Morgan fingerprint density at radius 2 is 1.05 bits per heavy atom. The van der Waals surface area contributed by atoms with Crippen LogP contribution in [-0.4, -0.2) is 70.7 Å². The number of nitrogens with zero attached hydrogens (tertiary/aromatic N) is 1. The van der Waals surface area contributed by atoms with Crippen molar-refractivity contribution in [3.05, 3.63) is 36.5 Å². The normalized spacial score (nSPS) is 14.1. The van der Waals surface area contributed by atoms with Gasteiger partial charge in [0.25, 0.3) is 7.82 Å². The van der Waals surface area contributed by atoms with E-state index in [0.717, 1.165) is 57.8 Å². The Morgan fingerprint density at radius 3 is 1.58 bits per heavy atom. The van der Waals surface area contributed by atoms with E-state index in [9.17, 15) is 14.3 Å². The number of phosphoric ester groups is 1. The molecular weight excluding hydrogens is 709 g/mol. The molecule has 55 heavy (non-hydrogen) atoms. The molecule has 0 amide bonds. The molecule has 0 N–H and O–H groups in total. The summed E-state index contributed by atoms with van der Waals surface area (Å²) < 4.78 is 34.6. The maximum atomic E-state index is 12.7. The molecule has 0 fully saturated rings. The highest BCUT2D eigenvalue weighted by atomic mass is 31.2. The largest absolute Gasteiger partial charge is 0.756 e. The van der Waals surface area contributed by atoms with Gasteiger partial charge in [-0.1, -0.05) is 179 Å². The number of hydrogen-bond donors (Lipinski definition) is 0. The van der Waals surface area contributed by atoms with E-state index in [2.05, 4.69) is 50.3 Å². The molecule has 0 aliphatic carbocycles. The van der Waals surface area contributed by atoms with Crippen LogP contribution in [0.3, 0.4) is 0 Å². The summed E-state index contributed by atoms with van der Waals surface area (Å²) in [5, 5.41) is 0. The van der Waals surface area contributed by atoms with Crippen molar-refractivity contribution in [3.8, 4) is 0 Å². The van der Waals surface area contributed by atoms with E-state index in [-0.39, 0.29) is 25.8 Å². The van der Waals surface area contributed by atoms with E-state index in [1.807, 2.05) is 21.1 Å². The summed E-state index contributed by atoms with van der Waals surface area (Å²) in [7, 11) is 1.35. The molecule has 0 spiro atoms. The topological polar surface area (TPSA) is 94.1 Å². The Labute approximate surface area is 340 Å². The minimum atomic E-state index is -4.52. The lowest BCUT2D eigenvalue weighted by atomic mass is 10.0. The van der Waals surface area contributed by atoms with E-state index in [0.29, 0.717) is 24.1 Å².